The van der Waals surface area contributed by atoms with Gasteiger partial charge in [0.2, 0.25) is 0 Å². The molecule has 13 heavy (non-hydrogen) atoms. The summed E-state index contributed by atoms with van der Waals surface area (Å²) in [6, 6.07) is 0. The molecule has 1 N–H and O–H groups in total. The number of carbonyl (C=O) groups is 2. The summed E-state index contributed by atoms with van der Waals surface area (Å²) in [4.78, 5) is 22.4. The normalized spacial score (nSPS) is 38.8. The van der Waals surface area contributed by atoms with E-state index in [2.05, 4.69) is 0 Å². The number of Topliss-reactive ketones (excluding diaryl/α,β-unsaturated/α-hetero) is 1. The summed E-state index contributed by atoms with van der Waals surface area (Å²) in [5, 5.41) is 9.16. The molecular weight excluding hydrogens is 168 g/mol. The van der Waals surface area contributed by atoms with Crippen molar-refractivity contribution in [2.45, 2.75) is 38.5 Å². The molecule has 0 aromatic heterocycles. The molecule has 72 valence electrons. The lowest BCUT2D eigenvalue weighted by molar-refractivity contribution is -0.156. The lowest BCUT2D eigenvalue weighted by Crippen LogP contribution is -2.40. The Kier molecular flexibility index (Phi) is 1.90. The summed E-state index contributed by atoms with van der Waals surface area (Å²) in [7, 11) is 0. The highest BCUT2D eigenvalue weighted by Gasteiger charge is 2.52. The third-order valence-corrected chi connectivity index (χ3v) is 3.67. The van der Waals surface area contributed by atoms with E-state index in [-0.39, 0.29) is 18.1 Å². The average Bonchev–Trinajstić information content (AvgIpc) is 2.47. The van der Waals surface area contributed by atoms with Gasteiger partial charge < -0.3 is 5.11 Å². The van der Waals surface area contributed by atoms with Gasteiger partial charge in [-0.1, -0.05) is 6.42 Å². The van der Waals surface area contributed by atoms with E-state index in [0.717, 1.165) is 19.3 Å². The maximum atomic E-state index is 11.3. The van der Waals surface area contributed by atoms with Crippen LogP contribution in [0, 0.1) is 11.3 Å². The molecule has 0 aromatic carbocycles. The minimum Gasteiger partial charge on any atom is -0.481 e. The van der Waals surface area contributed by atoms with Crippen LogP contribution in [0.2, 0.25) is 0 Å². The van der Waals surface area contributed by atoms with Crippen LogP contribution in [0.5, 0.6) is 0 Å². The van der Waals surface area contributed by atoms with Gasteiger partial charge in [-0.15, -0.1) is 0 Å². The number of carbonyl (C=O) groups excluding carboxylic acids is 1. The molecule has 3 heteroatoms. The molecule has 2 atom stereocenters. The SMILES string of the molecule is O=C1CC[C@H]2CCC[C@]2(C(=O)O)C1. The highest BCUT2D eigenvalue weighted by Crippen LogP contribution is 2.51. The molecule has 0 unspecified atom stereocenters. The summed E-state index contributed by atoms with van der Waals surface area (Å²) >= 11 is 0. The van der Waals surface area contributed by atoms with Crippen molar-refractivity contribution >= 4 is 11.8 Å². The highest BCUT2D eigenvalue weighted by molar-refractivity contribution is 5.88. The summed E-state index contributed by atoms with van der Waals surface area (Å²) in [6.07, 6.45) is 4.36. The largest absolute Gasteiger partial charge is 0.481 e. The first kappa shape index (κ1) is 8.73. The molecule has 3 nitrogen and oxygen atoms in total. The molecule has 2 aliphatic carbocycles. The van der Waals surface area contributed by atoms with Gasteiger partial charge in [-0.3, -0.25) is 9.59 Å². The van der Waals surface area contributed by atoms with Crippen LogP contribution in [-0.4, -0.2) is 16.9 Å². The zero-order chi connectivity index (χ0) is 9.47. The zero-order valence-electron chi connectivity index (χ0n) is 7.58. The van der Waals surface area contributed by atoms with E-state index < -0.39 is 11.4 Å². The van der Waals surface area contributed by atoms with E-state index in [4.69, 9.17) is 5.11 Å². The minimum absolute atomic E-state index is 0.139. The fourth-order valence-electron chi connectivity index (χ4n) is 2.93. The van der Waals surface area contributed by atoms with E-state index in [1.54, 1.807) is 0 Å². The second-order valence-corrected chi connectivity index (χ2v) is 4.30. The molecule has 0 radical (unpaired) electrons. The fourth-order valence-corrected chi connectivity index (χ4v) is 2.93. The summed E-state index contributed by atoms with van der Waals surface area (Å²) < 4.78 is 0. The Morgan fingerprint density at radius 1 is 1.46 bits per heavy atom. The van der Waals surface area contributed by atoms with Gasteiger partial charge in [0, 0.05) is 12.8 Å². The molecule has 2 fully saturated rings. The van der Waals surface area contributed by atoms with Gasteiger partial charge in [0.25, 0.3) is 0 Å². The predicted molar refractivity (Wildman–Crippen MR) is 46.3 cm³/mol. The zero-order valence-corrected chi connectivity index (χ0v) is 7.58. The van der Waals surface area contributed by atoms with Crippen molar-refractivity contribution in [2.24, 2.45) is 11.3 Å². The first-order chi connectivity index (χ1) is 6.15. The molecule has 2 aliphatic rings. The van der Waals surface area contributed by atoms with E-state index >= 15 is 0 Å². The summed E-state index contributed by atoms with van der Waals surface area (Å²) in [6.45, 7) is 0. The molecular formula is C10H14O3. The van der Waals surface area contributed by atoms with Crippen molar-refractivity contribution < 1.29 is 14.7 Å². The Labute approximate surface area is 77.1 Å². The molecule has 0 saturated heterocycles. The molecule has 0 bridgehead atoms. The second-order valence-electron chi connectivity index (χ2n) is 4.30. The number of hydrogen-bond donors (Lipinski definition) is 1. The van der Waals surface area contributed by atoms with Crippen molar-refractivity contribution in [1.82, 2.24) is 0 Å². The third-order valence-electron chi connectivity index (χ3n) is 3.67. The fraction of sp³-hybridized carbons (Fsp3) is 0.800. The molecule has 0 aromatic rings. The average molecular weight is 182 g/mol. The van der Waals surface area contributed by atoms with E-state index in [0.29, 0.717) is 12.8 Å². The third kappa shape index (κ3) is 1.18. The van der Waals surface area contributed by atoms with Crippen LogP contribution in [0.1, 0.15) is 38.5 Å². The van der Waals surface area contributed by atoms with Gasteiger partial charge in [-0.25, -0.2) is 0 Å². The highest BCUT2D eigenvalue weighted by atomic mass is 16.4. The Balaban J connectivity index is 2.28. The maximum absolute atomic E-state index is 11.3. The van der Waals surface area contributed by atoms with Crippen molar-refractivity contribution in [3.63, 3.8) is 0 Å². The van der Waals surface area contributed by atoms with Crippen molar-refractivity contribution in [2.75, 3.05) is 0 Å². The predicted octanol–water partition coefficient (Wildman–Crippen LogP) is 1.61. The van der Waals surface area contributed by atoms with Crippen LogP contribution in [0.4, 0.5) is 0 Å². The summed E-state index contributed by atoms with van der Waals surface area (Å²) in [5.74, 6) is -0.341. The first-order valence-corrected chi connectivity index (χ1v) is 4.90. The van der Waals surface area contributed by atoms with Crippen LogP contribution in [0.25, 0.3) is 0 Å². The van der Waals surface area contributed by atoms with E-state index in [1.165, 1.54) is 0 Å². The van der Waals surface area contributed by atoms with Crippen LogP contribution in [0.3, 0.4) is 0 Å². The van der Waals surface area contributed by atoms with Crippen LogP contribution in [0.15, 0.2) is 0 Å². The molecule has 0 heterocycles. The minimum atomic E-state index is -0.747. The topological polar surface area (TPSA) is 54.4 Å². The molecule has 0 spiro atoms. The number of hydrogen-bond acceptors (Lipinski definition) is 2. The van der Waals surface area contributed by atoms with Gasteiger partial charge in [-0.2, -0.15) is 0 Å². The Morgan fingerprint density at radius 3 is 2.92 bits per heavy atom. The molecule has 2 rings (SSSR count). The Hall–Kier alpha value is -0.860. The number of ketones is 1. The van der Waals surface area contributed by atoms with Crippen LogP contribution in [-0.2, 0) is 9.59 Å². The van der Waals surface area contributed by atoms with Crippen LogP contribution >= 0.6 is 0 Å². The monoisotopic (exact) mass is 182 g/mol. The lowest BCUT2D eigenvalue weighted by atomic mass is 9.68. The molecule has 2 saturated carbocycles. The van der Waals surface area contributed by atoms with Crippen LogP contribution < -0.4 is 0 Å². The molecule has 0 aliphatic heterocycles. The quantitative estimate of drug-likeness (QED) is 0.670. The number of aliphatic carboxylic acids is 1. The van der Waals surface area contributed by atoms with E-state index in [1.807, 2.05) is 0 Å². The number of rotatable bonds is 1. The Morgan fingerprint density at radius 2 is 2.23 bits per heavy atom. The standard InChI is InChI=1S/C10H14O3/c11-8-4-3-7-2-1-5-10(7,6-8)9(12)13/h7H,1-6H2,(H,12,13)/t7-,10+/m1/s1. The number of carboxylic acids is 1. The second kappa shape index (κ2) is 2.82. The van der Waals surface area contributed by atoms with Crippen molar-refractivity contribution in [3.05, 3.63) is 0 Å². The van der Waals surface area contributed by atoms with Gasteiger partial charge >= 0.3 is 5.97 Å². The lowest BCUT2D eigenvalue weighted by Gasteiger charge is -2.34. The smallest absolute Gasteiger partial charge is 0.310 e. The Bertz CT molecular complexity index is 259. The van der Waals surface area contributed by atoms with Gasteiger partial charge in [0.1, 0.15) is 5.78 Å². The van der Waals surface area contributed by atoms with Gasteiger partial charge in [0.05, 0.1) is 5.41 Å². The first-order valence-electron chi connectivity index (χ1n) is 4.90. The van der Waals surface area contributed by atoms with Gasteiger partial charge in [-0.05, 0) is 25.2 Å². The molecule has 0 amide bonds. The maximum Gasteiger partial charge on any atom is 0.310 e. The summed E-state index contributed by atoms with van der Waals surface area (Å²) in [5.41, 5.74) is -0.671. The van der Waals surface area contributed by atoms with E-state index in [9.17, 15) is 9.59 Å². The van der Waals surface area contributed by atoms with Crippen molar-refractivity contribution in [3.8, 4) is 0 Å². The number of fused-ring (bicyclic) bond motifs is 1. The number of carboxylic acid groups (broad SMARTS) is 1. The van der Waals surface area contributed by atoms with Gasteiger partial charge in [0.15, 0.2) is 0 Å². The van der Waals surface area contributed by atoms with Crippen molar-refractivity contribution in [1.29, 1.82) is 0 Å².